The number of hydrogen-bond acceptors (Lipinski definition) is 4. The first-order valence-corrected chi connectivity index (χ1v) is 7.42. The number of rotatable bonds is 4. The maximum Gasteiger partial charge on any atom is 0.341 e. The molecule has 0 saturated heterocycles. The van der Waals surface area contributed by atoms with E-state index in [0.717, 1.165) is 33.4 Å². The van der Waals surface area contributed by atoms with Gasteiger partial charge >= 0.3 is 5.97 Å². The summed E-state index contributed by atoms with van der Waals surface area (Å²) in [5, 5.41) is 0.828. The highest BCUT2D eigenvalue weighted by Gasteiger charge is 2.14. The minimum Gasteiger partial charge on any atom is -0.462 e. The van der Waals surface area contributed by atoms with Crippen molar-refractivity contribution in [1.82, 2.24) is 4.98 Å². The zero-order chi connectivity index (χ0) is 15.5. The molecule has 2 aromatic carbocycles. The Bertz CT molecular complexity index is 799. The molecule has 0 N–H and O–H groups in total. The van der Waals surface area contributed by atoms with Crippen molar-refractivity contribution in [3.05, 3.63) is 64.7 Å². The van der Waals surface area contributed by atoms with Gasteiger partial charge in [0.05, 0.1) is 27.4 Å². The number of benzene rings is 2. The van der Waals surface area contributed by atoms with Gasteiger partial charge in [0.15, 0.2) is 0 Å². The van der Waals surface area contributed by atoms with Crippen LogP contribution in [0.4, 0.5) is 8.78 Å². The average Bonchev–Trinajstić information content (AvgIpc) is 2.92. The van der Waals surface area contributed by atoms with Crippen LogP contribution in [0, 0.1) is 11.6 Å². The van der Waals surface area contributed by atoms with Crippen LogP contribution >= 0.6 is 11.3 Å². The maximum absolute atomic E-state index is 13.4. The van der Waals surface area contributed by atoms with E-state index in [4.69, 9.17) is 4.74 Å². The fraction of sp³-hybridized carbons (Fsp3) is 0.125. The first kappa shape index (κ1) is 14.6. The summed E-state index contributed by atoms with van der Waals surface area (Å²) in [5.41, 5.74) is 0.495. The van der Waals surface area contributed by atoms with Crippen LogP contribution < -0.4 is 0 Å². The van der Waals surface area contributed by atoms with Gasteiger partial charge in [0.1, 0.15) is 11.6 Å². The van der Waals surface area contributed by atoms with Gasteiger partial charge in [-0.3, -0.25) is 0 Å². The monoisotopic (exact) mass is 319 g/mol. The van der Waals surface area contributed by atoms with Crippen molar-refractivity contribution in [3.8, 4) is 0 Å². The Balaban J connectivity index is 1.62. The summed E-state index contributed by atoms with van der Waals surface area (Å²) in [6.45, 7) is 0.0641. The Labute approximate surface area is 129 Å². The highest BCUT2D eigenvalue weighted by Crippen LogP contribution is 2.22. The Morgan fingerprint density at radius 2 is 2.00 bits per heavy atom. The van der Waals surface area contributed by atoms with Crippen LogP contribution in [0.25, 0.3) is 10.2 Å². The predicted octanol–water partition coefficient (Wildman–Crippen LogP) is 3.97. The van der Waals surface area contributed by atoms with Crippen molar-refractivity contribution >= 4 is 27.5 Å². The predicted molar refractivity (Wildman–Crippen MR) is 80.0 cm³/mol. The van der Waals surface area contributed by atoms with Gasteiger partial charge in [0.25, 0.3) is 0 Å². The van der Waals surface area contributed by atoms with E-state index in [-0.39, 0.29) is 6.61 Å². The molecule has 0 radical (unpaired) electrons. The standard InChI is InChI=1S/C16H11F2NO2S/c17-10-5-6-12(18)11(9-10)16(20)21-8-7-15-19-13-3-1-2-4-14(13)22-15/h1-6,9H,7-8H2. The molecule has 112 valence electrons. The number of halogens is 2. The number of ether oxygens (including phenoxy) is 1. The maximum atomic E-state index is 13.4. The minimum atomic E-state index is -0.877. The summed E-state index contributed by atoms with van der Waals surface area (Å²) in [5.74, 6) is -2.36. The molecule has 3 rings (SSSR count). The highest BCUT2D eigenvalue weighted by molar-refractivity contribution is 7.18. The smallest absolute Gasteiger partial charge is 0.341 e. The number of fused-ring (bicyclic) bond motifs is 1. The summed E-state index contributed by atoms with van der Waals surface area (Å²) in [4.78, 5) is 16.1. The number of carbonyl (C=O) groups excluding carboxylic acids is 1. The molecule has 0 unspecified atom stereocenters. The number of nitrogens with zero attached hydrogens (tertiary/aromatic N) is 1. The van der Waals surface area contributed by atoms with Gasteiger partial charge < -0.3 is 4.74 Å². The van der Waals surface area contributed by atoms with E-state index < -0.39 is 23.2 Å². The second-order valence-electron chi connectivity index (χ2n) is 4.59. The van der Waals surface area contributed by atoms with Gasteiger partial charge in [-0.25, -0.2) is 18.6 Å². The molecule has 0 aliphatic carbocycles. The number of hydrogen-bond donors (Lipinski definition) is 0. The van der Waals surface area contributed by atoms with Crippen molar-refractivity contribution in [1.29, 1.82) is 0 Å². The largest absolute Gasteiger partial charge is 0.462 e. The molecule has 0 aliphatic heterocycles. The molecular formula is C16H11F2NO2S. The van der Waals surface area contributed by atoms with E-state index in [1.165, 1.54) is 11.3 Å². The molecule has 22 heavy (non-hydrogen) atoms. The van der Waals surface area contributed by atoms with Crippen molar-refractivity contribution in [2.45, 2.75) is 6.42 Å². The Hall–Kier alpha value is -2.34. The lowest BCUT2D eigenvalue weighted by Crippen LogP contribution is -2.10. The summed E-state index contributed by atoms with van der Waals surface area (Å²) < 4.78 is 32.5. The number of aromatic nitrogens is 1. The summed E-state index contributed by atoms with van der Waals surface area (Å²) in [6.07, 6.45) is 0.433. The Kier molecular flexibility index (Phi) is 4.11. The van der Waals surface area contributed by atoms with Crippen LogP contribution in [0.2, 0.25) is 0 Å². The van der Waals surface area contributed by atoms with Gasteiger partial charge in [0.2, 0.25) is 0 Å². The van der Waals surface area contributed by atoms with E-state index in [1.54, 1.807) is 0 Å². The third-order valence-electron chi connectivity index (χ3n) is 3.04. The van der Waals surface area contributed by atoms with Crippen molar-refractivity contribution in [2.75, 3.05) is 6.61 Å². The number of thiazole rings is 1. The number of esters is 1. The quantitative estimate of drug-likeness (QED) is 0.683. The second kappa shape index (κ2) is 6.19. The minimum absolute atomic E-state index is 0.0641. The third kappa shape index (κ3) is 3.12. The van der Waals surface area contributed by atoms with Gasteiger partial charge in [-0.15, -0.1) is 11.3 Å². The Morgan fingerprint density at radius 1 is 1.18 bits per heavy atom. The fourth-order valence-corrected chi connectivity index (χ4v) is 2.94. The lowest BCUT2D eigenvalue weighted by molar-refractivity contribution is 0.0503. The SMILES string of the molecule is O=C(OCCc1nc2ccccc2s1)c1cc(F)ccc1F. The lowest BCUT2D eigenvalue weighted by Gasteiger charge is -2.04. The third-order valence-corrected chi connectivity index (χ3v) is 4.13. The van der Waals surface area contributed by atoms with Gasteiger partial charge in [-0.2, -0.15) is 0 Å². The molecule has 0 aliphatic rings. The molecule has 0 amide bonds. The first-order chi connectivity index (χ1) is 10.6. The highest BCUT2D eigenvalue weighted by atomic mass is 32.1. The topological polar surface area (TPSA) is 39.2 Å². The van der Waals surface area contributed by atoms with E-state index >= 15 is 0 Å². The first-order valence-electron chi connectivity index (χ1n) is 6.60. The fourth-order valence-electron chi connectivity index (χ4n) is 1.99. The molecule has 0 saturated carbocycles. The van der Waals surface area contributed by atoms with Gasteiger partial charge in [-0.1, -0.05) is 12.1 Å². The van der Waals surface area contributed by atoms with Crippen LogP contribution in [0.3, 0.4) is 0 Å². The van der Waals surface area contributed by atoms with Crippen LogP contribution in [-0.4, -0.2) is 17.6 Å². The normalized spacial score (nSPS) is 10.8. The molecule has 3 aromatic rings. The molecule has 0 atom stereocenters. The van der Waals surface area contributed by atoms with Gasteiger partial charge in [0, 0.05) is 6.42 Å². The lowest BCUT2D eigenvalue weighted by atomic mass is 10.2. The van der Waals surface area contributed by atoms with Crippen molar-refractivity contribution < 1.29 is 18.3 Å². The van der Waals surface area contributed by atoms with Gasteiger partial charge in [-0.05, 0) is 30.3 Å². The van der Waals surface area contributed by atoms with Crippen LogP contribution in [0.15, 0.2) is 42.5 Å². The molecule has 1 aromatic heterocycles. The van der Waals surface area contributed by atoms with E-state index in [2.05, 4.69) is 4.98 Å². The second-order valence-corrected chi connectivity index (χ2v) is 5.70. The molecule has 0 bridgehead atoms. The van der Waals surface area contributed by atoms with Crippen LogP contribution in [0.5, 0.6) is 0 Å². The molecule has 3 nitrogen and oxygen atoms in total. The van der Waals surface area contributed by atoms with E-state index in [0.29, 0.717) is 6.42 Å². The Morgan fingerprint density at radius 3 is 2.82 bits per heavy atom. The molecule has 1 heterocycles. The van der Waals surface area contributed by atoms with Crippen LogP contribution in [0.1, 0.15) is 15.4 Å². The van der Waals surface area contributed by atoms with Crippen molar-refractivity contribution in [2.24, 2.45) is 0 Å². The molecule has 6 heteroatoms. The average molecular weight is 319 g/mol. The molecule has 0 fully saturated rings. The zero-order valence-corrected chi connectivity index (χ0v) is 12.2. The summed E-state index contributed by atoms with van der Waals surface area (Å²) in [7, 11) is 0. The zero-order valence-electron chi connectivity index (χ0n) is 11.4. The van der Waals surface area contributed by atoms with E-state index in [1.807, 2.05) is 24.3 Å². The van der Waals surface area contributed by atoms with E-state index in [9.17, 15) is 13.6 Å². The van der Waals surface area contributed by atoms with Crippen LogP contribution in [-0.2, 0) is 11.2 Å². The van der Waals surface area contributed by atoms with Crippen molar-refractivity contribution in [3.63, 3.8) is 0 Å². The molecule has 0 spiro atoms. The number of para-hydroxylation sites is 1. The molecular weight excluding hydrogens is 308 g/mol. The summed E-state index contributed by atoms with van der Waals surface area (Å²) >= 11 is 1.51. The summed E-state index contributed by atoms with van der Waals surface area (Å²) in [6, 6.07) is 10.4. The number of carbonyl (C=O) groups is 1.